The molecule has 1 aromatic heterocycles. The third-order valence-electron chi connectivity index (χ3n) is 1.61. The van der Waals surface area contributed by atoms with Gasteiger partial charge in [0.15, 0.2) is 0 Å². The molecule has 0 atom stereocenters. The van der Waals surface area contributed by atoms with Crippen LogP contribution in [-0.2, 0) is 11.3 Å². The van der Waals surface area contributed by atoms with Crippen molar-refractivity contribution in [1.29, 1.82) is 0 Å². The van der Waals surface area contributed by atoms with Crippen molar-refractivity contribution in [3.05, 3.63) is 30.7 Å². The van der Waals surface area contributed by atoms with Gasteiger partial charge in [-0.25, -0.2) is 9.97 Å². The summed E-state index contributed by atoms with van der Waals surface area (Å²) in [6.07, 6.45) is 3.31. The second-order valence-corrected chi connectivity index (χ2v) is 2.70. The lowest BCUT2D eigenvalue weighted by Gasteiger charge is -2.04. The topological polar surface area (TPSA) is 47.0 Å². The molecule has 4 nitrogen and oxygen atoms in total. The van der Waals surface area contributed by atoms with Gasteiger partial charge in [0.1, 0.15) is 12.1 Å². The molecule has 0 aliphatic heterocycles. The maximum absolute atomic E-state index is 5.24. The van der Waals surface area contributed by atoms with Gasteiger partial charge < -0.3 is 10.1 Å². The van der Waals surface area contributed by atoms with Gasteiger partial charge in [0.05, 0.1) is 12.3 Å². The normalized spacial score (nSPS) is 9.79. The molecule has 4 heteroatoms. The van der Waals surface area contributed by atoms with Crippen molar-refractivity contribution in [2.45, 2.75) is 13.5 Å². The van der Waals surface area contributed by atoms with Crippen LogP contribution in [0.1, 0.15) is 12.6 Å². The summed E-state index contributed by atoms with van der Waals surface area (Å²) in [5, 5.41) is 3.09. The predicted molar refractivity (Wildman–Crippen MR) is 56.0 cm³/mol. The van der Waals surface area contributed by atoms with Crippen molar-refractivity contribution in [2.75, 3.05) is 18.5 Å². The Morgan fingerprint density at radius 2 is 2.43 bits per heavy atom. The first-order chi connectivity index (χ1) is 6.86. The lowest BCUT2D eigenvalue weighted by Crippen LogP contribution is -2.03. The Hall–Kier alpha value is -1.42. The molecule has 1 aromatic rings. The van der Waals surface area contributed by atoms with Gasteiger partial charge in [0, 0.05) is 19.2 Å². The number of nitrogens with one attached hydrogen (secondary N) is 1. The smallest absolute Gasteiger partial charge is 0.129 e. The highest BCUT2D eigenvalue weighted by Crippen LogP contribution is 2.04. The molecule has 14 heavy (non-hydrogen) atoms. The molecule has 0 aliphatic carbocycles. The minimum atomic E-state index is 0.530. The van der Waals surface area contributed by atoms with E-state index in [-0.39, 0.29) is 0 Å². The third-order valence-corrected chi connectivity index (χ3v) is 1.61. The van der Waals surface area contributed by atoms with Crippen molar-refractivity contribution < 1.29 is 4.74 Å². The Labute approximate surface area is 84.0 Å². The maximum atomic E-state index is 5.24. The van der Waals surface area contributed by atoms with E-state index in [2.05, 4.69) is 21.9 Å². The van der Waals surface area contributed by atoms with Crippen molar-refractivity contribution in [3.8, 4) is 0 Å². The fourth-order valence-corrected chi connectivity index (χ4v) is 0.957. The van der Waals surface area contributed by atoms with Crippen LogP contribution in [0.15, 0.2) is 25.0 Å². The molecule has 0 aliphatic rings. The van der Waals surface area contributed by atoms with Gasteiger partial charge >= 0.3 is 0 Å². The lowest BCUT2D eigenvalue weighted by atomic mass is 10.4. The Bertz CT molecular complexity index is 288. The van der Waals surface area contributed by atoms with E-state index in [1.54, 1.807) is 6.08 Å². The molecule has 0 unspecified atom stereocenters. The summed E-state index contributed by atoms with van der Waals surface area (Å²) >= 11 is 0. The van der Waals surface area contributed by atoms with Crippen LogP contribution in [0.4, 0.5) is 5.82 Å². The Kier molecular flexibility index (Phi) is 4.64. The highest BCUT2D eigenvalue weighted by Gasteiger charge is 1.96. The van der Waals surface area contributed by atoms with Crippen LogP contribution < -0.4 is 5.32 Å². The second kappa shape index (κ2) is 6.10. The van der Waals surface area contributed by atoms with E-state index < -0.39 is 0 Å². The van der Waals surface area contributed by atoms with Gasteiger partial charge in [0.25, 0.3) is 0 Å². The molecule has 0 saturated carbocycles. The van der Waals surface area contributed by atoms with E-state index in [1.165, 1.54) is 6.33 Å². The van der Waals surface area contributed by atoms with E-state index in [0.717, 1.165) is 11.5 Å². The number of ether oxygens (including phenoxy) is 1. The number of hydrogen-bond acceptors (Lipinski definition) is 4. The standard InChI is InChI=1S/C10H15N3O/c1-3-5-11-10-6-9(7-14-4-2)12-8-13-10/h3,6,8H,1,4-5,7H2,2H3,(H,11,12,13). The fraction of sp³-hybridized carbons (Fsp3) is 0.400. The Morgan fingerprint density at radius 3 is 3.14 bits per heavy atom. The number of hydrogen-bond donors (Lipinski definition) is 1. The molecule has 0 spiro atoms. The molecule has 0 aromatic carbocycles. The summed E-state index contributed by atoms with van der Waals surface area (Å²) in [5.41, 5.74) is 0.883. The molecule has 1 N–H and O–H groups in total. The minimum Gasteiger partial charge on any atom is -0.375 e. The zero-order valence-electron chi connectivity index (χ0n) is 8.36. The zero-order valence-corrected chi connectivity index (χ0v) is 8.36. The summed E-state index contributed by atoms with van der Waals surface area (Å²) in [6.45, 7) is 7.50. The fourth-order valence-electron chi connectivity index (χ4n) is 0.957. The molecule has 76 valence electrons. The third kappa shape index (κ3) is 3.53. The van der Waals surface area contributed by atoms with Gasteiger partial charge in [-0.05, 0) is 6.92 Å². The SMILES string of the molecule is C=CCNc1cc(COCC)ncn1. The molecular weight excluding hydrogens is 178 g/mol. The Balaban J connectivity index is 2.54. The van der Waals surface area contributed by atoms with E-state index in [9.17, 15) is 0 Å². The monoisotopic (exact) mass is 193 g/mol. The summed E-state index contributed by atoms with van der Waals surface area (Å²) in [7, 11) is 0. The summed E-state index contributed by atoms with van der Waals surface area (Å²) in [4.78, 5) is 8.14. The van der Waals surface area contributed by atoms with Crippen molar-refractivity contribution in [3.63, 3.8) is 0 Å². The van der Waals surface area contributed by atoms with E-state index in [4.69, 9.17) is 4.74 Å². The van der Waals surface area contributed by atoms with Crippen molar-refractivity contribution in [1.82, 2.24) is 9.97 Å². The molecule has 0 amide bonds. The van der Waals surface area contributed by atoms with Crippen LogP contribution in [0.2, 0.25) is 0 Å². The molecule has 0 bridgehead atoms. The number of anilines is 1. The molecule has 0 radical (unpaired) electrons. The van der Waals surface area contributed by atoms with Crippen LogP contribution in [-0.4, -0.2) is 23.1 Å². The van der Waals surface area contributed by atoms with Crippen LogP contribution in [0.3, 0.4) is 0 Å². The quantitative estimate of drug-likeness (QED) is 0.697. The molecule has 1 rings (SSSR count). The van der Waals surface area contributed by atoms with Crippen LogP contribution in [0.5, 0.6) is 0 Å². The van der Waals surface area contributed by atoms with Crippen LogP contribution in [0.25, 0.3) is 0 Å². The Morgan fingerprint density at radius 1 is 1.57 bits per heavy atom. The zero-order chi connectivity index (χ0) is 10.2. The van der Waals surface area contributed by atoms with Crippen molar-refractivity contribution >= 4 is 5.82 Å². The summed E-state index contributed by atoms with van der Waals surface area (Å²) < 4.78 is 5.24. The average Bonchev–Trinajstić information content (AvgIpc) is 2.24. The van der Waals surface area contributed by atoms with E-state index >= 15 is 0 Å². The van der Waals surface area contributed by atoms with Gasteiger partial charge in [0.2, 0.25) is 0 Å². The largest absolute Gasteiger partial charge is 0.375 e. The number of nitrogens with zero attached hydrogens (tertiary/aromatic N) is 2. The average molecular weight is 193 g/mol. The van der Waals surface area contributed by atoms with Crippen LogP contribution >= 0.6 is 0 Å². The molecule has 0 fully saturated rings. The molecular formula is C10H15N3O. The highest BCUT2D eigenvalue weighted by molar-refractivity contribution is 5.35. The lowest BCUT2D eigenvalue weighted by molar-refractivity contribution is 0.131. The van der Waals surface area contributed by atoms with E-state index in [0.29, 0.717) is 19.8 Å². The number of rotatable bonds is 6. The first-order valence-corrected chi connectivity index (χ1v) is 4.60. The van der Waals surface area contributed by atoms with Crippen LogP contribution in [0, 0.1) is 0 Å². The maximum Gasteiger partial charge on any atom is 0.129 e. The van der Waals surface area contributed by atoms with Gasteiger partial charge in [-0.15, -0.1) is 6.58 Å². The minimum absolute atomic E-state index is 0.530. The molecule has 0 saturated heterocycles. The predicted octanol–water partition coefficient (Wildman–Crippen LogP) is 1.61. The van der Waals surface area contributed by atoms with Gasteiger partial charge in [-0.3, -0.25) is 0 Å². The molecule has 1 heterocycles. The van der Waals surface area contributed by atoms with Crippen molar-refractivity contribution in [2.24, 2.45) is 0 Å². The summed E-state index contributed by atoms with van der Waals surface area (Å²) in [6, 6.07) is 1.87. The second-order valence-electron chi connectivity index (χ2n) is 2.70. The number of aromatic nitrogens is 2. The first-order valence-electron chi connectivity index (χ1n) is 4.60. The van der Waals surface area contributed by atoms with Gasteiger partial charge in [-0.2, -0.15) is 0 Å². The highest BCUT2D eigenvalue weighted by atomic mass is 16.5. The van der Waals surface area contributed by atoms with Gasteiger partial charge in [-0.1, -0.05) is 6.08 Å². The van der Waals surface area contributed by atoms with E-state index in [1.807, 2.05) is 13.0 Å². The first kappa shape index (κ1) is 10.7. The summed E-state index contributed by atoms with van der Waals surface area (Å²) in [5.74, 6) is 0.801.